The number of amides is 1. The predicted octanol–water partition coefficient (Wildman–Crippen LogP) is 4.06. The van der Waals surface area contributed by atoms with Crippen LogP contribution in [0.2, 0.25) is 0 Å². The van der Waals surface area contributed by atoms with E-state index in [0.29, 0.717) is 6.54 Å². The van der Waals surface area contributed by atoms with E-state index in [4.69, 9.17) is 0 Å². The standard InChI is InChI=1S/C21H20N2O4S2/c24-19-13-16(22-29(26,27)20-7-4-12-28-20)8-11-18(19)21(25)23(17-9-10-17)14-15-5-2-1-3-6-15/h1-8,11-13,17,22,24H,9-10,14H2. The molecule has 0 atom stereocenters. The van der Waals surface area contributed by atoms with Crippen molar-refractivity contribution in [2.45, 2.75) is 29.6 Å². The van der Waals surface area contributed by atoms with Crippen LogP contribution in [0.3, 0.4) is 0 Å². The lowest BCUT2D eigenvalue weighted by Crippen LogP contribution is -2.32. The summed E-state index contributed by atoms with van der Waals surface area (Å²) >= 11 is 1.10. The third-order valence-electron chi connectivity index (χ3n) is 4.68. The van der Waals surface area contributed by atoms with E-state index in [1.54, 1.807) is 16.3 Å². The molecule has 2 aromatic carbocycles. The van der Waals surface area contributed by atoms with Crippen LogP contribution in [0, 0.1) is 0 Å². The van der Waals surface area contributed by atoms with Gasteiger partial charge in [0, 0.05) is 18.7 Å². The lowest BCUT2D eigenvalue weighted by Gasteiger charge is -2.23. The molecule has 3 aromatic rings. The van der Waals surface area contributed by atoms with Gasteiger partial charge < -0.3 is 10.0 Å². The van der Waals surface area contributed by atoms with Crippen LogP contribution in [-0.4, -0.2) is 30.4 Å². The number of thiophene rings is 1. The summed E-state index contributed by atoms with van der Waals surface area (Å²) in [6, 6.07) is 17.2. The minimum atomic E-state index is -3.72. The average molecular weight is 429 g/mol. The molecular formula is C21H20N2O4S2. The van der Waals surface area contributed by atoms with Crippen LogP contribution in [0.25, 0.3) is 0 Å². The lowest BCUT2D eigenvalue weighted by atomic mass is 10.1. The van der Waals surface area contributed by atoms with Crippen LogP contribution < -0.4 is 4.72 Å². The number of nitrogens with one attached hydrogen (secondary N) is 1. The molecule has 1 aliphatic rings. The van der Waals surface area contributed by atoms with Crippen molar-refractivity contribution >= 4 is 33.0 Å². The molecule has 1 saturated carbocycles. The van der Waals surface area contributed by atoms with Gasteiger partial charge in [-0.3, -0.25) is 9.52 Å². The van der Waals surface area contributed by atoms with Crippen LogP contribution in [0.1, 0.15) is 28.8 Å². The Balaban J connectivity index is 1.54. The number of benzene rings is 2. The fourth-order valence-corrected chi connectivity index (χ4v) is 5.13. The summed E-state index contributed by atoms with van der Waals surface area (Å²) in [6.07, 6.45) is 1.88. The van der Waals surface area contributed by atoms with Gasteiger partial charge in [0.2, 0.25) is 0 Å². The monoisotopic (exact) mass is 428 g/mol. The Kier molecular flexibility index (Phi) is 5.29. The summed E-state index contributed by atoms with van der Waals surface area (Å²) in [7, 11) is -3.72. The Morgan fingerprint density at radius 3 is 2.48 bits per heavy atom. The molecule has 0 spiro atoms. The van der Waals surface area contributed by atoms with Crippen LogP contribution >= 0.6 is 11.3 Å². The summed E-state index contributed by atoms with van der Waals surface area (Å²) < 4.78 is 27.3. The van der Waals surface area contributed by atoms with E-state index in [1.165, 1.54) is 24.3 Å². The molecule has 29 heavy (non-hydrogen) atoms. The molecule has 0 bridgehead atoms. The maximum atomic E-state index is 13.1. The van der Waals surface area contributed by atoms with E-state index in [2.05, 4.69) is 4.72 Å². The van der Waals surface area contributed by atoms with Crippen LogP contribution in [0.4, 0.5) is 5.69 Å². The summed E-state index contributed by atoms with van der Waals surface area (Å²) in [5, 5.41) is 12.1. The second-order valence-corrected chi connectivity index (χ2v) is 9.78. The number of carbonyl (C=O) groups excluding carboxylic acids is 1. The number of anilines is 1. The lowest BCUT2D eigenvalue weighted by molar-refractivity contribution is 0.0727. The van der Waals surface area contributed by atoms with Gasteiger partial charge in [-0.15, -0.1) is 11.3 Å². The molecule has 2 N–H and O–H groups in total. The van der Waals surface area contributed by atoms with Gasteiger partial charge in [0.25, 0.3) is 15.9 Å². The number of phenolic OH excluding ortho intramolecular Hbond substituents is 1. The van der Waals surface area contributed by atoms with E-state index in [0.717, 1.165) is 29.7 Å². The second-order valence-electron chi connectivity index (χ2n) is 6.92. The molecule has 0 unspecified atom stereocenters. The first-order chi connectivity index (χ1) is 13.9. The quantitative estimate of drug-likeness (QED) is 0.594. The Morgan fingerprint density at radius 1 is 1.10 bits per heavy atom. The van der Waals surface area contributed by atoms with Crippen molar-refractivity contribution in [1.29, 1.82) is 0 Å². The number of phenols is 1. The highest BCUT2D eigenvalue weighted by Gasteiger charge is 2.34. The maximum absolute atomic E-state index is 13.1. The van der Waals surface area contributed by atoms with Gasteiger partial charge in [0.05, 0.1) is 11.3 Å². The largest absolute Gasteiger partial charge is 0.507 e. The van der Waals surface area contributed by atoms with Gasteiger partial charge in [-0.05, 0) is 42.0 Å². The highest BCUT2D eigenvalue weighted by Crippen LogP contribution is 2.32. The van der Waals surface area contributed by atoms with E-state index >= 15 is 0 Å². The number of nitrogens with zero attached hydrogens (tertiary/aromatic N) is 1. The molecule has 8 heteroatoms. The Bertz CT molecular complexity index is 1110. The van der Waals surface area contributed by atoms with Gasteiger partial charge in [0.1, 0.15) is 9.96 Å². The van der Waals surface area contributed by atoms with E-state index in [-0.39, 0.29) is 33.2 Å². The smallest absolute Gasteiger partial charge is 0.271 e. The summed E-state index contributed by atoms with van der Waals surface area (Å²) in [4.78, 5) is 14.8. The number of aromatic hydroxyl groups is 1. The summed E-state index contributed by atoms with van der Waals surface area (Å²) in [5.41, 5.74) is 1.38. The van der Waals surface area contributed by atoms with Crippen molar-refractivity contribution in [3.63, 3.8) is 0 Å². The summed E-state index contributed by atoms with van der Waals surface area (Å²) in [5.74, 6) is -0.512. The van der Waals surface area contributed by atoms with Crippen molar-refractivity contribution < 1.29 is 18.3 Å². The minimum absolute atomic E-state index is 0.159. The van der Waals surface area contributed by atoms with Gasteiger partial charge in [0.15, 0.2) is 0 Å². The first kappa shape index (κ1) is 19.5. The summed E-state index contributed by atoms with van der Waals surface area (Å²) in [6.45, 7) is 0.469. The first-order valence-corrected chi connectivity index (χ1v) is 11.5. The normalized spacial score (nSPS) is 13.8. The van der Waals surface area contributed by atoms with E-state index < -0.39 is 10.0 Å². The molecule has 150 valence electrons. The maximum Gasteiger partial charge on any atom is 0.271 e. The SMILES string of the molecule is O=C(c1ccc(NS(=O)(=O)c2cccs2)cc1O)N(Cc1ccccc1)C1CC1. The van der Waals surface area contributed by atoms with Crippen molar-refractivity contribution in [3.8, 4) is 5.75 Å². The van der Waals surface area contributed by atoms with Crippen LogP contribution in [-0.2, 0) is 16.6 Å². The van der Waals surface area contributed by atoms with Crippen molar-refractivity contribution in [1.82, 2.24) is 4.90 Å². The first-order valence-electron chi connectivity index (χ1n) is 9.18. The second kappa shape index (κ2) is 7.88. The highest BCUT2D eigenvalue weighted by atomic mass is 32.2. The molecule has 1 heterocycles. The molecule has 1 fully saturated rings. The number of hydrogen-bond donors (Lipinski definition) is 2. The van der Waals surface area contributed by atoms with E-state index in [9.17, 15) is 18.3 Å². The van der Waals surface area contributed by atoms with E-state index in [1.807, 2.05) is 30.3 Å². The van der Waals surface area contributed by atoms with Gasteiger partial charge in [-0.2, -0.15) is 0 Å². The van der Waals surface area contributed by atoms with Crippen LogP contribution in [0.15, 0.2) is 70.3 Å². The fourth-order valence-electron chi connectivity index (χ4n) is 3.09. The van der Waals surface area contributed by atoms with Crippen molar-refractivity contribution in [2.75, 3.05) is 4.72 Å². The van der Waals surface area contributed by atoms with Gasteiger partial charge >= 0.3 is 0 Å². The van der Waals surface area contributed by atoms with Gasteiger partial charge in [-0.1, -0.05) is 36.4 Å². The molecule has 1 amide bonds. The molecule has 0 radical (unpaired) electrons. The molecule has 1 aliphatic carbocycles. The minimum Gasteiger partial charge on any atom is -0.507 e. The molecule has 1 aromatic heterocycles. The predicted molar refractivity (Wildman–Crippen MR) is 113 cm³/mol. The number of carbonyl (C=O) groups is 1. The Morgan fingerprint density at radius 2 is 1.86 bits per heavy atom. The van der Waals surface area contributed by atoms with Crippen molar-refractivity contribution in [3.05, 3.63) is 77.2 Å². The Labute approximate surface area is 173 Å². The highest BCUT2D eigenvalue weighted by molar-refractivity contribution is 7.94. The average Bonchev–Trinajstić information content (AvgIpc) is 3.37. The number of hydrogen-bond acceptors (Lipinski definition) is 5. The zero-order chi connectivity index (χ0) is 20.4. The molecular weight excluding hydrogens is 408 g/mol. The third-order valence-corrected chi connectivity index (χ3v) is 7.46. The fraction of sp³-hybridized carbons (Fsp3) is 0.190. The molecule has 4 rings (SSSR count). The van der Waals surface area contributed by atoms with Gasteiger partial charge in [-0.25, -0.2) is 8.42 Å². The van der Waals surface area contributed by atoms with Crippen LogP contribution in [0.5, 0.6) is 5.75 Å². The zero-order valence-electron chi connectivity index (χ0n) is 15.5. The molecule has 0 saturated heterocycles. The van der Waals surface area contributed by atoms with Crippen molar-refractivity contribution in [2.24, 2.45) is 0 Å². The Hall–Kier alpha value is -2.84. The number of sulfonamides is 1. The number of rotatable bonds is 7. The topological polar surface area (TPSA) is 86.7 Å². The zero-order valence-corrected chi connectivity index (χ0v) is 17.1. The third kappa shape index (κ3) is 4.44. The molecule has 0 aliphatic heterocycles. The molecule has 6 nitrogen and oxygen atoms in total.